The lowest BCUT2D eigenvalue weighted by atomic mass is 9.96. The number of aromatic nitrogens is 4. The first-order chi connectivity index (χ1) is 17.1. The first-order valence-corrected chi connectivity index (χ1v) is 12.6. The van der Waals surface area contributed by atoms with E-state index in [4.69, 9.17) is 5.10 Å². The summed E-state index contributed by atoms with van der Waals surface area (Å²) in [7, 11) is -1.07. The Morgan fingerprint density at radius 3 is 2.29 bits per heavy atom. The summed E-state index contributed by atoms with van der Waals surface area (Å²) in [4.78, 5) is 9.45. The van der Waals surface area contributed by atoms with E-state index in [1.54, 1.807) is 30.8 Å². The average Bonchev–Trinajstić information content (AvgIpc) is 3.29. The highest BCUT2D eigenvalue weighted by Crippen LogP contribution is 2.39. The normalized spacial score (nSPS) is 12.3. The molecular weight excluding hydrogens is 459 g/mol. The second-order valence-corrected chi connectivity index (χ2v) is 9.58. The van der Waals surface area contributed by atoms with Crippen LogP contribution in [0.3, 0.4) is 0 Å². The molecule has 0 N–H and O–H groups in total. The van der Waals surface area contributed by atoms with E-state index in [1.807, 2.05) is 59.5 Å². The first kappa shape index (κ1) is 21.3. The molecule has 0 aliphatic carbocycles. The molecular formula is C28H19FN4OS. The van der Waals surface area contributed by atoms with Gasteiger partial charge in [0.2, 0.25) is 0 Å². The molecule has 0 amide bonds. The van der Waals surface area contributed by atoms with Crippen molar-refractivity contribution in [2.45, 2.75) is 4.90 Å². The molecule has 3 aromatic heterocycles. The van der Waals surface area contributed by atoms with Gasteiger partial charge in [-0.15, -0.1) is 0 Å². The standard InChI is InChI=1S/C28H19FN4OS/c1-35(34)22-10-4-18(5-11-22)27-25-15-24(19-3-2-13-30-16-19)26-17-31-14-12-23(26)28(25)33(32-27)21-8-6-20(29)7-9-21/h2-17H,1H3. The highest BCUT2D eigenvalue weighted by Gasteiger charge is 2.19. The predicted octanol–water partition coefficient (Wildman–Crippen LogP) is 6.18. The Balaban J connectivity index is 1.72. The van der Waals surface area contributed by atoms with Crippen molar-refractivity contribution >= 4 is 32.5 Å². The van der Waals surface area contributed by atoms with Crippen LogP contribution in [0.1, 0.15) is 0 Å². The zero-order chi connectivity index (χ0) is 23.9. The highest BCUT2D eigenvalue weighted by molar-refractivity contribution is 7.84. The van der Waals surface area contributed by atoms with Crippen LogP contribution < -0.4 is 0 Å². The Hall–Kier alpha value is -4.23. The molecule has 0 saturated heterocycles. The maximum absolute atomic E-state index is 13.7. The summed E-state index contributed by atoms with van der Waals surface area (Å²) in [6, 6.07) is 21.9. The molecule has 7 heteroatoms. The summed E-state index contributed by atoms with van der Waals surface area (Å²) in [5, 5.41) is 7.89. The minimum absolute atomic E-state index is 0.304. The van der Waals surface area contributed by atoms with Crippen LogP contribution in [-0.4, -0.2) is 30.2 Å². The SMILES string of the molecule is CS(=O)c1ccc(-c2nn(-c3ccc(F)cc3)c3c2cc(-c2cccnc2)c2cnccc23)cc1. The fraction of sp³-hybridized carbons (Fsp3) is 0.0357. The van der Waals surface area contributed by atoms with E-state index in [1.165, 1.54) is 12.1 Å². The van der Waals surface area contributed by atoms with Gasteiger partial charge in [-0.1, -0.05) is 18.2 Å². The Kier molecular flexibility index (Phi) is 5.19. The number of hydrogen-bond donors (Lipinski definition) is 0. The van der Waals surface area contributed by atoms with Gasteiger partial charge in [0, 0.05) is 74.0 Å². The van der Waals surface area contributed by atoms with E-state index in [0.717, 1.165) is 54.6 Å². The Morgan fingerprint density at radius 1 is 0.800 bits per heavy atom. The third kappa shape index (κ3) is 3.70. The predicted molar refractivity (Wildman–Crippen MR) is 137 cm³/mol. The van der Waals surface area contributed by atoms with Gasteiger partial charge in [-0.3, -0.25) is 14.2 Å². The molecule has 5 nitrogen and oxygen atoms in total. The molecule has 170 valence electrons. The summed E-state index contributed by atoms with van der Waals surface area (Å²) < 4.78 is 27.5. The number of nitrogens with zero attached hydrogens (tertiary/aromatic N) is 4. The van der Waals surface area contributed by atoms with Crippen LogP contribution in [0.4, 0.5) is 4.39 Å². The van der Waals surface area contributed by atoms with E-state index in [-0.39, 0.29) is 5.82 Å². The third-order valence-electron chi connectivity index (χ3n) is 6.08. The lowest BCUT2D eigenvalue weighted by Crippen LogP contribution is -1.97. The molecule has 0 aliphatic rings. The summed E-state index contributed by atoms with van der Waals surface area (Å²) in [6.07, 6.45) is 8.86. The quantitative estimate of drug-likeness (QED) is 0.304. The largest absolute Gasteiger partial charge is 0.264 e. The second kappa shape index (κ2) is 8.52. The van der Waals surface area contributed by atoms with Gasteiger partial charge in [0.1, 0.15) is 11.5 Å². The fourth-order valence-corrected chi connectivity index (χ4v) is 4.93. The monoisotopic (exact) mass is 478 g/mol. The molecule has 3 heterocycles. The molecule has 0 fully saturated rings. The van der Waals surface area contributed by atoms with Crippen LogP contribution in [-0.2, 0) is 10.8 Å². The lowest BCUT2D eigenvalue weighted by molar-refractivity contribution is 0.627. The molecule has 0 bridgehead atoms. The summed E-state index contributed by atoms with van der Waals surface area (Å²) >= 11 is 0. The van der Waals surface area contributed by atoms with Crippen LogP contribution in [0.25, 0.3) is 49.7 Å². The van der Waals surface area contributed by atoms with E-state index in [9.17, 15) is 8.60 Å². The van der Waals surface area contributed by atoms with Crippen molar-refractivity contribution in [1.29, 1.82) is 0 Å². The molecule has 0 aliphatic heterocycles. The van der Waals surface area contributed by atoms with Crippen molar-refractivity contribution in [2.24, 2.45) is 0 Å². The third-order valence-corrected chi connectivity index (χ3v) is 7.02. The van der Waals surface area contributed by atoms with Crippen molar-refractivity contribution in [3.63, 3.8) is 0 Å². The molecule has 1 unspecified atom stereocenters. The molecule has 0 spiro atoms. The second-order valence-electron chi connectivity index (χ2n) is 8.20. The number of pyridine rings is 2. The molecule has 35 heavy (non-hydrogen) atoms. The van der Waals surface area contributed by atoms with E-state index in [0.29, 0.717) is 0 Å². The number of fused-ring (bicyclic) bond motifs is 3. The summed E-state index contributed by atoms with van der Waals surface area (Å²) in [5.74, 6) is -0.304. The summed E-state index contributed by atoms with van der Waals surface area (Å²) in [5.41, 5.74) is 5.31. The van der Waals surface area contributed by atoms with E-state index in [2.05, 4.69) is 16.0 Å². The lowest BCUT2D eigenvalue weighted by Gasteiger charge is -2.10. The molecule has 6 rings (SSSR count). The van der Waals surface area contributed by atoms with Crippen molar-refractivity contribution < 1.29 is 8.60 Å². The Labute approximate surface area is 203 Å². The van der Waals surface area contributed by atoms with Gasteiger partial charge in [0.25, 0.3) is 0 Å². The van der Waals surface area contributed by atoms with Gasteiger partial charge in [-0.2, -0.15) is 5.10 Å². The van der Waals surface area contributed by atoms with E-state index >= 15 is 0 Å². The zero-order valence-corrected chi connectivity index (χ0v) is 19.5. The number of benzene rings is 3. The van der Waals surface area contributed by atoms with Gasteiger partial charge in [-0.25, -0.2) is 9.07 Å². The summed E-state index contributed by atoms with van der Waals surface area (Å²) in [6.45, 7) is 0. The first-order valence-electron chi connectivity index (χ1n) is 11.0. The van der Waals surface area contributed by atoms with Gasteiger partial charge < -0.3 is 0 Å². The van der Waals surface area contributed by atoms with Gasteiger partial charge in [0.15, 0.2) is 0 Å². The molecule has 0 saturated carbocycles. The van der Waals surface area contributed by atoms with Gasteiger partial charge in [0.05, 0.1) is 11.2 Å². The molecule has 0 radical (unpaired) electrons. The van der Waals surface area contributed by atoms with E-state index < -0.39 is 10.8 Å². The van der Waals surface area contributed by atoms with Crippen LogP contribution in [0.2, 0.25) is 0 Å². The van der Waals surface area contributed by atoms with Crippen LogP contribution in [0.15, 0.2) is 102 Å². The number of halogens is 1. The molecule has 6 aromatic rings. The van der Waals surface area contributed by atoms with Gasteiger partial charge >= 0.3 is 0 Å². The maximum Gasteiger partial charge on any atom is 0.123 e. The van der Waals surface area contributed by atoms with Crippen LogP contribution in [0, 0.1) is 5.82 Å². The van der Waals surface area contributed by atoms with Crippen molar-refractivity contribution in [1.82, 2.24) is 19.7 Å². The minimum Gasteiger partial charge on any atom is -0.264 e. The van der Waals surface area contributed by atoms with Crippen molar-refractivity contribution in [3.05, 3.63) is 103 Å². The average molecular weight is 479 g/mol. The van der Waals surface area contributed by atoms with Crippen molar-refractivity contribution in [2.75, 3.05) is 6.26 Å². The number of rotatable bonds is 4. The zero-order valence-electron chi connectivity index (χ0n) is 18.7. The van der Waals surface area contributed by atoms with Gasteiger partial charge in [-0.05, 0) is 60.2 Å². The van der Waals surface area contributed by atoms with Crippen LogP contribution >= 0.6 is 0 Å². The van der Waals surface area contributed by atoms with Crippen LogP contribution in [0.5, 0.6) is 0 Å². The fourth-order valence-electron chi connectivity index (χ4n) is 4.41. The number of hydrogen-bond acceptors (Lipinski definition) is 4. The molecule has 3 aromatic carbocycles. The maximum atomic E-state index is 13.7. The Morgan fingerprint density at radius 2 is 1.57 bits per heavy atom. The minimum atomic E-state index is -1.07. The highest BCUT2D eigenvalue weighted by atomic mass is 32.2. The molecule has 1 atom stereocenters. The topological polar surface area (TPSA) is 60.7 Å². The Bertz CT molecular complexity index is 1710. The van der Waals surface area contributed by atoms with Crippen molar-refractivity contribution in [3.8, 4) is 28.1 Å². The smallest absolute Gasteiger partial charge is 0.123 e.